The molecule has 0 rings (SSSR count). The number of hydrogen-bond acceptors (Lipinski definition) is 15. The van der Waals surface area contributed by atoms with Crippen LogP contribution in [0, 0.1) is 0 Å². The van der Waals surface area contributed by atoms with Gasteiger partial charge in [-0.1, -0.05) is 6.08 Å². The lowest BCUT2D eigenvalue weighted by atomic mass is 10.0. The summed E-state index contributed by atoms with van der Waals surface area (Å²) >= 11 is 0. The molecule has 18 heteroatoms. The van der Waals surface area contributed by atoms with Gasteiger partial charge in [-0.15, -0.1) is 0 Å². The molecule has 230 valence electrons. The first kappa shape index (κ1) is 36.8. The van der Waals surface area contributed by atoms with Crippen LogP contribution < -0.4 is 0 Å². The zero-order valence-corrected chi connectivity index (χ0v) is 21.4. The van der Waals surface area contributed by atoms with Crippen molar-refractivity contribution in [2.24, 2.45) is 0 Å². The van der Waals surface area contributed by atoms with E-state index in [2.05, 4.69) is 9.78 Å². The second-order valence-corrected chi connectivity index (χ2v) is 7.20. The summed E-state index contributed by atoms with van der Waals surface area (Å²) in [7, 11) is 0. The summed E-state index contributed by atoms with van der Waals surface area (Å²) < 4.78 is 20.4. The number of carboxylic acid groups (broad SMARTS) is 3. The Balaban J connectivity index is 6.63. The van der Waals surface area contributed by atoms with Crippen LogP contribution in [0.25, 0.3) is 0 Å². The summed E-state index contributed by atoms with van der Waals surface area (Å²) in [4.78, 5) is 89.0. The Hall–Kier alpha value is -5.17. The highest BCUT2D eigenvalue weighted by molar-refractivity contribution is 5.91. The monoisotopic (exact) mass is 602 g/mol. The molecule has 0 aromatic heterocycles. The summed E-state index contributed by atoms with van der Waals surface area (Å²) in [6.07, 6.45) is 0.637. The number of carbonyl (C=O) groups excluding carboxylic acids is 4. The molecule has 0 fully saturated rings. The van der Waals surface area contributed by atoms with Crippen LogP contribution in [-0.4, -0.2) is 106 Å². The minimum absolute atomic E-state index is 0.396. The molecule has 0 aromatic rings. The topological polar surface area (TPSA) is 276 Å². The van der Waals surface area contributed by atoms with E-state index in [1.165, 1.54) is 0 Å². The van der Waals surface area contributed by atoms with Gasteiger partial charge in [0, 0.05) is 49.0 Å². The zero-order chi connectivity index (χ0) is 31.9. The highest BCUT2D eigenvalue weighted by Crippen LogP contribution is 2.19. The fourth-order valence-electron chi connectivity index (χ4n) is 2.56. The molecule has 0 aliphatic carbocycles. The number of ether oxygens (including phenoxy) is 4. The van der Waals surface area contributed by atoms with E-state index in [4.69, 9.17) is 44.8 Å². The zero-order valence-electron chi connectivity index (χ0n) is 21.4. The van der Waals surface area contributed by atoms with Crippen LogP contribution in [-0.2, 0) is 62.3 Å². The molecular formula is C24H26O18. The van der Waals surface area contributed by atoms with E-state index in [-0.39, 0.29) is 0 Å². The molecule has 18 nitrogen and oxygen atoms in total. The first-order valence-electron chi connectivity index (χ1n) is 11.2. The number of aliphatic carboxylic acids is 3. The normalized spacial score (nSPS) is 13.8. The third kappa shape index (κ3) is 19.0. The van der Waals surface area contributed by atoms with Crippen molar-refractivity contribution >= 4 is 41.8 Å². The van der Waals surface area contributed by atoms with Crippen LogP contribution in [0.1, 0.15) is 6.42 Å². The van der Waals surface area contributed by atoms with Gasteiger partial charge in [0.25, 0.3) is 0 Å². The van der Waals surface area contributed by atoms with Gasteiger partial charge >= 0.3 is 41.8 Å². The Morgan fingerprint density at radius 2 is 0.976 bits per heavy atom. The molecule has 0 aliphatic rings. The Kier molecular flexibility index (Phi) is 19.0. The fraction of sp³-hybridized carbons (Fsp3) is 0.292. The van der Waals surface area contributed by atoms with Gasteiger partial charge in [0.05, 0.1) is 0 Å². The Morgan fingerprint density at radius 1 is 0.524 bits per heavy atom. The fourth-order valence-corrected chi connectivity index (χ4v) is 2.56. The van der Waals surface area contributed by atoms with Gasteiger partial charge in [-0.25, -0.2) is 43.3 Å². The van der Waals surface area contributed by atoms with Gasteiger partial charge in [-0.05, 0) is 12.2 Å². The molecule has 5 N–H and O–H groups in total. The average Bonchev–Trinajstić information content (AvgIpc) is 2.91. The van der Waals surface area contributed by atoms with Crippen LogP contribution in [0.3, 0.4) is 0 Å². The SMILES string of the molecule is O=C(O)C=CCC(OC(=O)C=CC(=O)O)C(OC(=O)C=CCOO)C(COC(=O)C=CC(=O)O)OC(=O)C=CCOO. The maximum atomic E-state index is 12.5. The van der Waals surface area contributed by atoms with Gasteiger partial charge < -0.3 is 34.3 Å². The summed E-state index contributed by atoms with van der Waals surface area (Å²) in [6.45, 7) is -1.92. The molecule has 0 spiro atoms. The molecule has 3 atom stereocenters. The number of carboxylic acids is 3. The maximum Gasteiger partial charge on any atom is 0.331 e. The Morgan fingerprint density at radius 3 is 1.48 bits per heavy atom. The molecule has 0 saturated heterocycles. The van der Waals surface area contributed by atoms with E-state index in [1.807, 2.05) is 0 Å². The number of rotatable bonds is 20. The standard InChI is InChI=1S/C24H26O18/c25-17(26)5-1-4-15(40-23(34)11-9-19(29)30)24(42-22(33)7-3-13-39-36)16(41-21(32)6-2-12-38-35)14-37-20(31)10-8-18(27)28/h1-3,5-11,15-16,24,35-36H,4,12-14H2,(H,25,26)(H,27,28)(H,29,30). The minimum Gasteiger partial charge on any atom is -0.478 e. The summed E-state index contributed by atoms with van der Waals surface area (Å²) in [6, 6.07) is 0. The quantitative estimate of drug-likeness (QED) is 0.0392. The predicted octanol–water partition coefficient (Wildman–Crippen LogP) is -0.331. The van der Waals surface area contributed by atoms with Gasteiger partial charge in [-0.2, -0.15) is 0 Å². The van der Waals surface area contributed by atoms with Gasteiger partial charge in [0.15, 0.2) is 12.2 Å². The molecule has 0 aromatic carbocycles. The molecule has 3 unspecified atom stereocenters. The summed E-state index contributed by atoms with van der Waals surface area (Å²) in [5, 5.41) is 43.1. The molecule has 0 aliphatic heterocycles. The lowest BCUT2D eigenvalue weighted by molar-refractivity contribution is -0.232. The molecule has 0 bridgehead atoms. The van der Waals surface area contributed by atoms with Crippen LogP contribution in [0.5, 0.6) is 0 Å². The van der Waals surface area contributed by atoms with Crippen molar-refractivity contribution in [1.82, 2.24) is 0 Å². The third-order valence-electron chi connectivity index (χ3n) is 4.11. The van der Waals surface area contributed by atoms with Crippen LogP contribution in [0.4, 0.5) is 0 Å². The highest BCUT2D eigenvalue weighted by atomic mass is 17.1. The van der Waals surface area contributed by atoms with Crippen molar-refractivity contribution in [1.29, 1.82) is 0 Å². The number of esters is 4. The molecule has 0 amide bonds. The van der Waals surface area contributed by atoms with Crippen molar-refractivity contribution in [2.75, 3.05) is 19.8 Å². The summed E-state index contributed by atoms with van der Waals surface area (Å²) in [5.41, 5.74) is 0. The smallest absolute Gasteiger partial charge is 0.331 e. The van der Waals surface area contributed by atoms with Crippen molar-refractivity contribution < 1.29 is 88.1 Å². The maximum absolute atomic E-state index is 12.5. The van der Waals surface area contributed by atoms with E-state index in [0.717, 1.165) is 30.4 Å². The predicted molar refractivity (Wildman–Crippen MR) is 131 cm³/mol. The van der Waals surface area contributed by atoms with E-state index in [9.17, 15) is 33.6 Å². The molecule has 0 heterocycles. The second kappa shape index (κ2) is 21.6. The molecule has 42 heavy (non-hydrogen) atoms. The summed E-state index contributed by atoms with van der Waals surface area (Å²) in [5.74, 6) is -9.53. The lowest BCUT2D eigenvalue weighted by Gasteiger charge is -2.31. The number of hydrogen-bond donors (Lipinski definition) is 5. The van der Waals surface area contributed by atoms with E-state index in [1.54, 1.807) is 0 Å². The Labute approximate surface area is 235 Å². The van der Waals surface area contributed by atoms with Gasteiger partial charge in [0.2, 0.25) is 0 Å². The first-order valence-corrected chi connectivity index (χ1v) is 11.2. The first-order chi connectivity index (χ1) is 19.9. The second-order valence-electron chi connectivity index (χ2n) is 7.20. The van der Waals surface area contributed by atoms with Crippen molar-refractivity contribution in [3.8, 4) is 0 Å². The Bertz CT molecular complexity index is 1100. The van der Waals surface area contributed by atoms with Crippen molar-refractivity contribution in [3.05, 3.63) is 60.8 Å². The molecule has 0 radical (unpaired) electrons. The molecule has 0 saturated carbocycles. The minimum atomic E-state index is -1.92. The van der Waals surface area contributed by atoms with E-state index >= 15 is 0 Å². The van der Waals surface area contributed by atoms with E-state index < -0.39 is 86.3 Å². The average molecular weight is 602 g/mol. The van der Waals surface area contributed by atoms with Crippen molar-refractivity contribution in [3.63, 3.8) is 0 Å². The van der Waals surface area contributed by atoms with Crippen molar-refractivity contribution in [2.45, 2.75) is 24.7 Å². The number of carbonyl (C=O) groups is 7. The van der Waals surface area contributed by atoms with Gasteiger partial charge in [-0.3, -0.25) is 10.5 Å². The van der Waals surface area contributed by atoms with Crippen LogP contribution in [0.15, 0.2) is 60.8 Å². The van der Waals surface area contributed by atoms with Crippen LogP contribution >= 0.6 is 0 Å². The van der Waals surface area contributed by atoms with Gasteiger partial charge in [0.1, 0.15) is 25.9 Å². The molecular weight excluding hydrogens is 576 g/mol. The largest absolute Gasteiger partial charge is 0.478 e. The lowest BCUT2D eigenvalue weighted by Crippen LogP contribution is -2.47. The van der Waals surface area contributed by atoms with Crippen LogP contribution in [0.2, 0.25) is 0 Å². The third-order valence-corrected chi connectivity index (χ3v) is 4.11. The highest BCUT2D eigenvalue weighted by Gasteiger charge is 2.38. The van der Waals surface area contributed by atoms with E-state index in [0.29, 0.717) is 30.4 Å².